The van der Waals surface area contributed by atoms with Crippen molar-refractivity contribution in [3.05, 3.63) is 33.7 Å². The fourth-order valence-corrected chi connectivity index (χ4v) is 2.72. The Balaban J connectivity index is 2.55. The zero-order valence-electron chi connectivity index (χ0n) is 8.40. The maximum absolute atomic E-state index is 8.84. The molecule has 0 fully saturated rings. The molecule has 1 heterocycles. The molecule has 0 saturated heterocycles. The molecule has 0 aliphatic rings. The van der Waals surface area contributed by atoms with Gasteiger partial charge in [0.05, 0.1) is 12.7 Å². The molecule has 80 valence electrons. The maximum Gasteiger partial charge on any atom is 0.166 e. The summed E-state index contributed by atoms with van der Waals surface area (Å²) in [5.41, 5.74) is 1.31. The van der Waals surface area contributed by atoms with Gasteiger partial charge in [0, 0.05) is 0 Å². The van der Waals surface area contributed by atoms with Crippen molar-refractivity contribution in [2.24, 2.45) is 0 Å². The van der Waals surface area contributed by atoms with Crippen LogP contribution in [0.15, 0.2) is 28.1 Å². The molecule has 5 heteroatoms. The Morgan fingerprint density at radius 2 is 2.19 bits per heavy atom. The number of hydrogen-bond donors (Lipinski definition) is 0. The Morgan fingerprint density at radius 1 is 1.44 bits per heavy atom. The van der Waals surface area contributed by atoms with Crippen LogP contribution in [0.5, 0.6) is 5.75 Å². The van der Waals surface area contributed by atoms with Crippen LogP contribution < -0.4 is 4.74 Å². The number of para-hydroxylation sites is 1. The van der Waals surface area contributed by atoms with Crippen LogP contribution in [-0.4, -0.2) is 12.1 Å². The highest BCUT2D eigenvalue weighted by atomic mass is 79.9. The van der Waals surface area contributed by atoms with Crippen molar-refractivity contribution >= 4 is 27.3 Å². The molecule has 16 heavy (non-hydrogen) atoms. The van der Waals surface area contributed by atoms with Gasteiger partial charge >= 0.3 is 0 Å². The molecular weight excluding hydrogens is 288 g/mol. The van der Waals surface area contributed by atoms with Gasteiger partial charge in [0.2, 0.25) is 0 Å². The van der Waals surface area contributed by atoms with Gasteiger partial charge in [-0.1, -0.05) is 12.1 Å². The zero-order valence-corrected chi connectivity index (χ0v) is 10.8. The second-order valence-electron chi connectivity index (χ2n) is 2.95. The normalized spacial score (nSPS) is 9.81. The lowest BCUT2D eigenvalue weighted by molar-refractivity contribution is 0.416. The quantitative estimate of drug-likeness (QED) is 0.852. The molecule has 2 rings (SSSR count). The first-order valence-corrected chi connectivity index (χ1v) is 6.07. The Hall–Kier alpha value is -1.38. The largest absolute Gasteiger partial charge is 0.496 e. The Morgan fingerprint density at radius 3 is 2.81 bits per heavy atom. The number of nitrogens with zero attached hydrogens (tertiary/aromatic N) is 2. The summed E-state index contributed by atoms with van der Waals surface area (Å²) < 4.78 is 6.00. The smallest absolute Gasteiger partial charge is 0.166 e. The van der Waals surface area contributed by atoms with Crippen molar-refractivity contribution in [2.45, 2.75) is 0 Å². The molecule has 0 aliphatic carbocycles. The monoisotopic (exact) mass is 294 g/mol. The Bertz CT molecular complexity index is 559. The van der Waals surface area contributed by atoms with Gasteiger partial charge in [-0.05, 0) is 28.1 Å². The van der Waals surface area contributed by atoms with E-state index in [-0.39, 0.29) is 0 Å². The maximum atomic E-state index is 8.84. The van der Waals surface area contributed by atoms with Crippen LogP contribution in [0.3, 0.4) is 0 Å². The van der Waals surface area contributed by atoms with Crippen LogP contribution in [0.4, 0.5) is 0 Å². The first-order chi connectivity index (χ1) is 7.76. The van der Waals surface area contributed by atoms with Gasteiger partial charge in [0.1, 0.15) is 20.6 Å². The van der Waals surface area contributed by atoms with E-state index >= 15 is 0 Å². The summed E-state index contributed by atoms with van der Waals surface area (Å²) in [7, 11) is 1.62. The summed E-state index contributed by atoms with van der Waals surface area (Å²) in [6, 6.07) is 9.64. The number of hydrogen-bond acceptors (Lipinski definition) is 4. The Labute approximate surface area is 105 Å². The number of benzene rings is 1. The first-order valence-electron chi connectivity index (χ1n) is 4.46. The molecule has 0 saturated carbocycles. The number of thiazole rings is 1. The summed E-state index contributed by atoms with van der Waals surface area (Å²) in [4.78, 5) is 4.24. The van der Waals surface area contributed by atoms with E-state index in [4.69, 9.17) is 10.00 Å². The van der Waals surface area contributed by atoms with Gasteiger partial charge in [-0.25, -0.2) is 4.98 Å². The third-order valence-corrected chi connectivity index (χ3v) is 3.77. The van der Waals surface area contributed by atoms with E-state index in [0.717, 1.165) is 20.1 Å². The lowest BCUT2D eigenvalue weighted by Crippen LogP contribution is -1.86. The van der Waals surface area contributed by atoms with E-state index in [1.54, 1.807) is 7.11 Å². The molecular formula is C11H7BrN2OS. The fourth-order valence-electron chi connectivity index (χ4n) is 1.31. The predicted octanol–water partition coefficient (Wildman–Crippen LogP) is 3.45. The minimum absolute atomic E-state index is 0.408. The van der Waals surface area contributed by atoms with Gasteiger partial charge < -0.3 is 4.74 Å². The van der Waals surface area contributed by atoms with Crippen molar-refractivity contribution < 1.29 is 4.74 Å². The number of halogens is 1. The summed E-state index contributed by atoms with van der Waals surface area (Å²) in [5, 5.41) is 9.62. The number of ether oxygens (including phenoxy) is 1. The molecule has 1 aromatic heterocycles. The van der Waals surface area contributed by atoms with Gasteiger partial charge in [-0.15, -0.1) is 11.3 Å². The predicted molar refractivity (Wildman–Crippen MR) is 66.5 cm³/mol. The topological polar surface area (TPSA) is 45.9 Å². The minimum Gasteiger partial charge on any atom is -0.496 e. The molecule has 3 nitrogen and oxygen atoms in total. The molecule has 0 atom stereocenters. The van der Waals surface area contributed by atoms with Crippen LogP contribution in [-0.2, 0) is 0 Å². The number of nitriles is 1. The number of rotatable bonds is 2. The lowest BCUT2D eigenvalue weighted by atomic mass is 10.2. The van der Waals surface area contributed by atoms with Crippen molar-refractivity contribution in [3.8, 4) is 22.4 Å². The highest BCUT2D eigenvalue weighted by molar-refractivity contribution is 9.11. The van der Waals surface area contributed by atoms with Crippen molar-refractivity contribution in [2.75, 3.05) is 7.11 Å². The average molecular weight is 295 g/mol. The number of methoxy groups -OCH3 is 1. The zero-order chi connectivity index (χ0) is 11.5. The van der Waals surface area contributed by atoms with E-state index in [1.165, 1.54) is 11.3 Å². The summed E-state index contributed by atoms with van der Waals surface area (Å²) >= 11 is 4.74. The standard InChI is InChI=1S/C11H7BrN2OS/c1-15-9-5-3-2-4-7(9)11-14-8(6-13)10(12)16-11/h2-5H,1H3. The van der Waals surface area contributed by atoms with Crippen LogP contribution in [0.1, 0.15) is 5.69 Å². The van der Waals surface area contributed by atoms with Crippen molar-refractivity contribution in [3.63, 3.8) is 0 Å². The highest BCUT2D eigenvalue weighted by Crippen LogP contribution is 2.36. The van der Waals surface area contributed by atoms with E-state index < -0.39 is 0 Å². The second kappa shape index (κ2) is 4.64. The molecule has 0 amide bonds. The SMILES string of the molecule is COc1ccccc1-c1nc(C#N)c(Br)s1. The van der Waals surface area contributed by atoms with Crippen molar-refractivity contribution in [1.29, 1.82) is 5.26 Å². The molecule has 0 aliphatic heterocycles. The number of aromatic nitrogens is 1. The van der Waals surface area contributed by atoms with Gasteiger partial charge in [0.25, 0.3) is 0 Å². The Kier molecular flexibility index (Phi) is 3.22. The summed E-state index contributed by atoms with van der Waals surface area (Å²) in [6.45, 7) is 0. The second-order valence-corrected chi connectivity index (χ2v) is 5.27. The van der Waals surface area contributed by atoms with E-state index in [0.29, 0.717) is 5.69 Å². The summed E-state index contributed by atoms with van der Waals surface area (Å²) in [6.07, 6.45) is 0. The molecule has 0 bridgehead atoms. The minimum atomic E-state index is 0.408. The van der Waals surface area contributed by atoms with E-state index in [1.807, 2.05) is 30.3 Å². The molecule has 0 unspecified atom stereocenters. The van der Waals surface area contributed by atoms with E-state index in [2.05, 4.69) is 20.9 Å². The molecule has 0 N–H and O–H groups in total. The molecule has 2 aromatic rings. The van der Waals surface area contributed by atoms with Gasteiger partial charge in [-0.3, -0.25) is 0 Å². The van der Waals surface area contributed by atoms with Crippen LogP contribution >= 0.6 is 27.3 Å². The third kappa shape index (κ3) is 1.94. The van der Waals surface area contributed by atoms with Gasteiger partial charge in [-0.2, -0.15) is 5.26 Å². The molecule has 0 spiro atoms. The van der Waals surface area contributed by atoms with Crippen LogP contribution in [0, 0.1) is 11.3 Å². The van der Waals surface area contributed by atoms with Crippen LogP contribution in [0.2, 0.25) is 0 Å². The third-order valence-electron chi connectivity index (χ3n) is 2.03. The molecule has 1 aromatic carbocycles. The van der Waals surface area contributed by atoms with Crippen molar-refractivity contribution in [1.82, 2.24) is 4.98 Å². The highest BCUT2D eigenvalue weighted by Gasteiger charge is 2.13. The van der Waals surface area contributed by atoms with Crippen LogP contribution in [0.25, 0.3) is 10.6 Å². The lowest BCUT2D eigenvalue weighted by Gasteiger charge is -2.04. The van der Waals surface area contributed by atoms with E-state index in [9.17, 15) is 0 Å². The summed E-state index contributed by atoms with van der Waals surface area (Å²) in [5.74, 6) is 0.758. The van der Waals surface area contributed by atoms with Gasteiger partial charge in [0.15, 0.2) is 5.69 Å². The first kappa shape index (κ1) is 11.1. The average Bonchev–Trinajstić information content (AvgIpc) is 2.70. The fraction of sp³-hybridized carbons (Fsp3) is 0.0909. The molecule has 0 radical (unpaired) electrons.